The molecule has 2 rings (SSSR count). The van der Waals surface area contributed by atoms with Crippen LogP contribution in [0.15, 0.2) is 6.20 Å². The number of carbonyl (C=O) groups excluding carboxylic acids is 1. The lowest BCUT2D eigenvalue weighted by atomic mass is 10.4. The molecule has 1 aliphatic heterocycles. The number of rotatable bonds is 4. The minimum Gasteiger partial charge on any atom is -0.378 e. The van der Waals surface area contributed by atoms with Gasteiger partial charge in [-0.05, 0) is 0 Å². The number of aromatic nitrogens is 3. The van der Waals surface area contributed by atoms with Crippen LogP contribution < -0.4 is 4.72 Å². The molecule has 106 valence electrons. The molecule has 1 saturated heterocycles. The number of sulfonamides is 1. The molecule has 1 N–H and O–H groups in total. The lowest BCUT2D eigenvalue weighted by molar-refractivity contribution is -0.136. The largest absolute Gasteiger partial charge is 0.378 e. The van der Waals surface area contributed by atoms with Gasteiger partial charge in [0.25, 0.3) is 0 Å². The summed E-state index contributed by atoms with van der Waals surface area (Å²) in [5, 5.41) is 7.32. The second-order valence-electron chi connectivity index (χ2n) is 4.17. The lowest BCUT2D eigenvalue weighted by Crippen LogP contribution is -2.42. The summed E-state index contributed by atoms with van der Waals surface area (Å²) in [6, 6.07) is 0. The Bertz CT molecular complexity index is 549. The highest BCUT2D eigenvalue weighted by Crippen LogP contribution is 2.04. The smallest absolute Gasteiger partial charge is 0.244 e. The highest BCUT2D eigenvalue weighted by atomic mass is 32.2. The molecule has 0 unspecified atom stereocenters. The van der Waals surface area contributed by atoms with E-state index in [-0.39, 0.29) is 18.3 Å². The third kappa shape index (κ3) is 4.17. The summed E-state index contributed by atoms with van der Waals surface area (Å²) in [6.07, 6.45) is 2.39. The number of carbonyl (C=O) groups is 1. The first-order valence-electron chi connectivity index (χ1n) is 5.67. The monoisotopic (exact) mass is 289 g/mol. The van der Waals surface area contributed by atoms with E-state index >= 15 is 0 Å². The van der Waals surface area contributed by atoms with Crippen LogP contribution in [0.5, 0.6) is 0 Å². The van der Waals surface area contributed by atoms with Gasteiger partial charge >= 0.3 is 0 Å². The standard InChI is InChI=1S/C9H15N5O4S/c1-19(16,17)11-8-6-14(12-10-8)7-9(15)13-2-4-18-5-3-13/h6,11H,2-5,7H2,1H3. The molecule has 10 heteroatoms. The molecule has 0 aromatic carbocycles. The van der Waals surface area contributed by atoms with Gasteiger partial charge in [-0.1, -0.05) is 5.21 Å². The van der Waals surface area contributed by atoms with E-state index in [0.29, 0.717) is 26.3 Å². The molecule has 1 fully saturated rings. The summed E-state index contributed by atoms with van der Waals surface area (Å²) in [5.41, 5.74) is 0. The Morgan fingerprint density at radius 1 is 1.47 bits per heavy atom. The number of ether oxygens (including phenoxy) is 1. The van der Waals surface area contributed by atoms with Crippen LogP contribution >= 0.6 is 0 Å². The maximum atomic E-state index is 11.9. The van der Waals surface area contributed by atoms with E-state index in [1.54, 1.807) is 4.90 Å². The van der Waals surface area contributed by atoms with E-state index in [1.807, 2.05) is 0 Å². The van der Waals surface area contributed by atoms with Crippen LogP contribution in [0.25, 0.3) is 0 Å². The second kappa shape index (κ2) is 5.53. The van der Waals surface area contributed by atoms with Gasteiger partial charge in [-0.3, -0.25) is 9.52 Å². The van der Waals surface area contributed by atoms with Crippen LogP contribution in [0.3, 0.4) is 0 Å². The molecule has 0 saturated carbocycles. The number of amides is 1. The zero-order valence-electron chi connectivity index (χ0n) is 10.4. The molecule has 0 atom stereocenters. The van der Waals surface area contributed by atoms with Gasteiger partial charge in [0.15, 0.2) is 5.82 Å². The van der Waals surface area contributed by atoms with Crippen molar-refractivity contribution in [3.63, 3.8) is 0 Å². The predicted octanol–water partition coefficient (Wildman–Crippen LogP) is -1.49. The van der Waals surface area contributed by atoms with Crippen LogP contribution in [-0.2, 0) is 26.1 Å². The summed E-state index contributed by atoms with van der Waals surface area (Å²) >= 11 is 0. The van der Waals surface area contributed by atoms with Crippen molar-refractivity contribution in [1.29, 1.82) is 0 Å². The fourth-order valence-corrected chi connectivity index (χ4v) is 2.14. The average molecular weight is 289 g/mol. The second-order valence-corrected chi connectivity index (χ2v) is 5.92. The highest BCUT2D eigenvalue weighted by molar-refractivity contribution is 7.92. The summed E-state index contributed by atoms with van der Waals surface area (Å²) in [6.45, 7) is 2.20. The molecule has 0 bridgehead atoms. The molecular weight excluding hydrogens is 274 g/mol. The lowest BCUT2D eigenvalue weighted by Gasteiger charge is -2.26. The molecular formula is C9H15N5O4S. The van der Waals surface area contributed by atoms with Crippen LogP contribution in [0.2, 0.25) is 0 Å². The van der Waals surface area contributed by atoms with E-state index in [4.69, 9.17) is 4.74 Å². The number of nitrogens with zero attached hydrogens (tertiary/aromatic N) is 4. The molecule has 9 nitrogen and oxygen atoms in total. The minimum absolute atomic E-state index is 0.0262. The first kappa shape index (κ1) is 13.7. The van der Waals surface area contributed by atoms with Crippen molar-refractivity contribution in [2.24, 2.45) is 0 Å². The summed E-state index contributed by atoms with van der Waals surface area (Å²) < 4.78 is 30.6. The highest BCUT2D eigenvalue weighted by Gasteiger charge is 2.17. The molecule has 1 amide bonds. The van der Waals surface area contributed by atoms with E-state index in [0.717, 1.165) is 6.26 Å². The Morgan fingerprint density at radius 3 is 2.79 bits per heavy atom. The van der Waals surface area contributed by atoms with Crippen molar-refractivity contribution in [2.75, 3.05) is 37.3 Å². The first-order valence-corrected chi connectivity index (χ1v) is 7.56. The Kier molecular flexibility index (Phi) is 4.00. The Morgan fingerprint density at radius 2 is 2.16 bits per heavy atom. The Balaban J connectivity index is 1.94. The molecule has 19 heavy (non-hydrogen) atoms. The van der Waals surface area contributed by atoms with Gasteiger partial charge in [0, 0.05) is 13.1 Å². The third-order valence-electron chi connectivity index (χ3n) is 2.49. The van der Waals surface area contributed by atoms with Crippen molar-refractivity contribution in [2.45, 2.75) is 6.54 Å². The van der Waals surface area contributed by atoms with E-state index in [2.05, 4.69) is 15.0 Å². The molecule has 1 aromatic heterocycles. The van der Waals surface area contributed by atoms with E-state index in [1.165, 1.54) is 10.9 Å². The quantitative estimate of drug-likeness (QED) is 0.723. The minimum atomic E-state index is -3.39. The molecule has 0 aliphatic carbocycles. The molecule has 2 heterocycles. The number of morpholine rings is 1. The first-order chi connectivity index (χ1) is 8.94. The van der Waals surface area contributed by atoms with Gasteiger partial charge in [0.2, 0.25) is 15.9 Å². The SMILES string of the molecule is CS(=O)(=O)Nc1cn(CC(=O)N2CCOCC2)nn1. The zero-order valence-corrected chi connectivity index (χ0v) is 11.3. The van der Waals surface area contributed by atoms with Crippen molar-refractivity contribution < 1.29 is 17.9 Å². The summed E-state index contributed by atoms with van der Waals surface area (Å²) in [7, 11) is -3.39. The number of hydrogen-bond acceptors (Lipinski definition) is 6. The maximum absolute atomic E-state index is 11.9. The normalized spacial score (nSPS) is 16.4. The third-order valence-corrected chi connectivity index (χ3v) is 3.07. The Labute approximate surface area is 110 Å². The van der Waals surface area contributed by atoms with Crippen LogP contribution in [-0.4, -0.2) is 66.8 Å². The van der Waals surface area contributed by atoms with Gasteiger partial charge in [0.05, 0.1) is 25.7 Å². The molecule has 1 aromatic rings. The molecule has 0 radical (unpaired) electrons. The van der Waals surface area contributed by atoms with Gasteiger partial charge in [-0.25, -0.2) is 13.1 Å². The number of nitrogens with one attached hydrogen (secondary N) is 1. The van der Waals surface area contributed by atoms with E-state index in [9.17, 15) is 13.2 Å². The topological polar surface area (TPSA) is 106 Å². The van der Waals surface area contributed by atoms with Gasteiger partial charge in [0.1, 0.15) is 6.54 Å². The zero-order chi connectivity index (χ0) is 13.9. The van der Waals surface area contributed by atoms with Crippen LogP contribution in [0.1, 0.15) is 0 Å². The van der Waals surface area contributed by atoms with Gasteiger partial charge in [-0.2, -0.15) is 0 Å². The average Bonchev–Trinajstić information content (AvgIpc) is 2.75. The van der Waals surface area contributed by atoms with Gasteiger partial charge in [-0.15, -0.1) is 5.10 Å². The fraction of sp³-hybridized carbons (Fsp3) is 0.667. The summed E-state index contributed by atoms with van der Waals surface area (Å²) in [4.78, 5) is 13.6. The van der Waals surface area contributed by atoms with Crippen LogP contribution in [0.4, 0.5) is 5.82 Å². The molecule has 0 spiro atoms. The number of anilines is 1. The number of hydrogen-bond donors (Lipinski definition) is 1. The van der Waals surface area contributed by atoms with E-state index < -0.39 is 10.0 Å². The predicted molar refractivity (Wildman–Crippen MR) is 65.9 cm³/mol. The molecule has 1 aliphatic rings. The maximum Gasteiger partial charge on any atom is 0.244 e. The van der Waals surface area contributed by atoms with Crippen LogP contribution in [0, 0.1) is 0 Å². The summed E-state index contributed by atoms with van der Waals surface area (Å²) in [5.74, 6) is -0.00335. The van der Waals surface area contributed by atoms with Gasteiger partial charge < -0.3 is 9.64 Å². The fourth-order valence-electron chi connectivity index (χ4n) is 1.66. The van der Waals surface area contributed by atoms with Crippen molar-refractivity contribution in [3.05, 3.63) is 6.20 Å². The van der Waals surface area contributed by atoms with Crippen molar-refractivity contribution in [1.82, 2.24) is 19.9 Å². The van der Waals surface area contributed by atoms with Crippen molar-refractivity contribution >= 4 is 21.7 Å². The van der Waals surface area contributed by atoms with Crippen molar-refractivity contribution in [3.8, 4) is 0 Å². The Hall–Kier alpha value is -1.68.